The molecule has 0 aliphatic heterocycles. The lowest BCUT2D eigenvalue weighted by molar-refractivity contribution is 0.109. The van der Waals surface area contributed by atoms with Crippen LogP contribution in [-0.4, -0.2) is 19.7 Å². The van der Waals surface area contributed by atoms with Gasteiger partial charge in [0.1, 0.15) is 5.75 Å². The van der Waals surface area contributed by atoms with Gasteiger partial charge in [-0.05, 0) is 12.1 Å². The van der Waals surface area contributed by atoms with Crippen LogP contribution in [0.1, 0.15) is 20.7 Å². The zero-order valence-corrected chi connectivity index (χ0v) is 7.67. The first-order valence-corrected chi connectivity index (χ1v) is 3.88. The Kier molecular flexibility index (Phi) is 3.03. The van der Waals surface area contributed by atoms with Crippen LogP contribution >= 0.6 is 11.6 Å². The van der Waals surface area contributed by atoms with E-state index in [2.05, 4.69) is 0 Å². The minimum atomic E-state index is 0.224. The van der Waals surface area contributed by atoms with E-state index in [9.17, 15) is 9.59 Å². The van der Waals surface area contributed by atoms with Gasteiger partial charge < -0.3 is 4.74 Å². The monoisotopic (exact) mass is 198 g/mol. The summed E-state index contributed by atoms with van der Waals surface area (Å²) in [7, 11) is 1.41. The zero-order chi connectivity index (χ0) is 9.84. The predicted molar refractivity (Wildman–Crippen MR) is 48.8 cm³/mol. The minimum Gasteiger partial charge on any atom is -0.496 e. The maximum atomic E-state index is 10.6. The number of hydrogen-bond acceptors (Lipinski definition) is 3. The van der Waals surface area contributed by atoms with Crippen LogP contribution in [0.15, 0.2) is 12.1 Å². The van der Waals surface area contributed by atoms with Crippen molar-refractivity contribution in [2.75, 3.05) is 7.11 Å². The maximum absolute atomic E-state index is 10.6. The molecule has 0 radical (unpaired) electrons. The number of carbonyl (C=O) groups excluding carboxylic acids is 2. The highest BCUT2D eigenvalue weighted by Crippen LogP contribution is 2.24. The Morgan fingerprint density at radius 2 is 2.00 bits per heavy atom. The summed E-state index contributed by atoms with van der Waals surface area (Å²) in [6.45, 7) is 0. The van der Waals surface area contributed by atoms with Gasteiger partial charge in [0.05, 0.1) is 12.7 Å². The Balaban J connectivity index is 3.41. The highest BCUT2D eigenvalue weighted by molar-refractivity contribution is 6.31. The van der Waals surface area contributed by atoms with Crippen molar-refractivity contribution in [1.29, 1.82) is 0 Å². The summed E-state index contributed by atoms with van der Waals surface area (Å²) in [5.74, 6) is 0.310. The second-order valence-corrected chi connectivity index (χ2v) is 2.78. The number of carbonyl (C=O) groups is 2. The van der Waals surface area contributed by atoms with E-state index in [0.29, 0.717) is 23.3 Å². The molecule has 0 heterocycles. The molecule has 0 aliphatic rings. The highest BCUT2D eigenvalue weighted by Gasteiger charge is 2.09. The number of rotatable bonds is 3. The fourth-order valence-electron chi connectivity index (χ4n) is 1.01. The van der Waals surface area contributed by atoms with Gasteiger partial charge >= 0.3 is 0 Å². The fraction of sp³-hybridized carbons (Fsp3) is 0.111. The summed E-state index contributed by atoms with van der Waals surface area (Å²) >= 11 is 5.68. The third-order valence-electron chi connectivity index (χ3n) is 1.60. The van der Waals surface area contributed by atoms with Crippen LogP contribution < -0.4 is 4.74 Å². The van der Waals surface area contributed by atoms with Crippen molar-refractivity contribution in [2.24, 2.45) is 0 Å². The van der Waals surface area contributed by atoms with Crippen LogP contribution in [0, 0.1) is 0 Å². The number of benzene rings is 1. The first-order valence-electron chi connectivity index (χ1n) is 3.50. The molecule has 0 aliphatic carbocycles. The Bertz CT molecular complexity index is 347. The lowest BCUT2D eigenvalue weighted by Crippen LogP contribution is -1.96. The maximum Gasteiger partial charge on any atom is 0.154 e. The molecule has 68 valence electrons. The quantitative estimate of drug-likeness (QED) is 0.698. The van der Waals surface area contributed by atoms with Gasteiger partial charge in [-0.3, -0.25) is 9.59 Å². The average molecular weight is 199 g/mol. The standard InChI is InChI=1S/C9H7ClO3/c1-13-9-3-7(10)2-6(4-11)8(9)5-12/h2-5H,1H3. The Labute approximate surface area is 80.3 Å². The number of ether oxygens (including phenoxy) is 1. The molecule has 0 N–H and O–H groups in total. The van der Waals surface area contributed by atoms with Crippen LogP contribution in [0.4, 0.5) is 0 Å². The van der Waals surface area contributed by atoms with Crippen LogP contribution in [0.25, 0.3) is 0 Å². The third-order valence-corrected chi connectivity index (χ3v) is 1.82. The molecule has 0 unspecified atom stereocenters. The van der Waals surface area contributed by atoms with Crippen LogP contribution in [0.2, 0.25) is 5.02 Å². The van der Waals surface area contributed by atoms with Crippen molar-refractivity contribution >= 4 is 24.2 Å². The van der Waals surface area contributed by atoms with E-state index in [4.69, 9.17) is 16.3 Å². The van der Waals surface area contributed by atoms with Crippen LogP contribution in [0.3, 0.4) is 0 Å². The Morgan fingerprint density at radius 1 is 1.31 bits per heavy atom. The second-order valence-electron chi connectivity index (χ2n) is 2.35. The molecule has 0 fully saturated rings. The molecule has 1 rings (SSSR count). The Hall–Kier alpha value is -1.35. The van der Waals surface area contributed by atoms with Crippen molar-refractivity contribution in [3.63, 3.8) is 0 Å². The molecule has 0 amide bonds. The second kappa shape index (κ2) is 4.05. The van der Waals surface area contributed by atoms with Crippen LogP contribution in [0.5, 0.6) is 5.75 Å². The lowest BCUT2D eigenvalue weighted by Gasteiger charge is -2.05. The molecule has 3 nitrogen and oxygen atoms in total. The molecule has 0 bridgehead atoms. The molecule has 1 aromatic rings. The van der Waals surface area contributed by atoms with Gasteiger partial charge in [0.15, 0.2) is 12.6 Å². The lowest BCUT2D eigenvalue weighted by atomic mass is 10.1. The molecule has 13 heavy (non-hydrogen) atoms. The summed E-state index contributed by atoms with van der Waals surface area (Å²) in [4.78, 5) is 21.1. The third kappa shape index (κ3) is 1.87. The summed E-state index contributed by atoms with van der Waals surface area (Å²) in [6.07, 6.45) is 1.14. The van der Waals surface area contributed by atoms with Gasteiger partial charge in [-0.15, -0.1) is 0 Å². The van der Waals surface area contributed by atoms with E-state index in [1.54, 1.807) is 0 Å². The van der Waals surface area contributed by atoms with E-state index >= 15 is 0 Å². The molecule has 1 aromatic carbocycles. The SMILES string of the molecule is COc1cc(Cl)cc(C=O)c1C=O. The molecular weight excluding hydrogens is 192 g/mol. The fourth-order valence-corrected chi connectivity index (χ4v) is 1.22. The van der Waals surface area contributed by atoms with Crippen molar-refractivity contribution in [2.45, 2.75) is 0 Å². The van der Waals surface area contributed by atoms with E-state index in [-0.39, 0.29) is 11.1 Å². The van der Waals surface area contributed by atoms with E-state index < -0.39 is 0 Å². The molecule has 4 heteroatoms. The summed E-state index contributed by atoms with van der Waals surface area (Å²) < 4.78 is 4.88. The summed E-state index contributed by atoms with van der Waals surface area (Å²) in [5, 5.41) is 0.365. The number of methoxy groups -OCH3 is 1. The molecule has 0 saturated heterocycles. The first kappa shape index (κ1) is 9.74. The van der Waals surface area contributed by atoms with Crippen molar-refractivity contribution < 1.29 is 14.3 Å². The Morgan fingerprint density at radius 3 is 2.46 bits per heavy atom. The number of aldehydes is 2. The first-order chi connectivity index (χ1) is 6.22. The van der Waals surface area contributed by atoms with Gasteiger partial charge in [-0.1, -0.05) is 11.6 Å². The van der Waals surface area contributed by atoms with Gasteiger partial charge in [-0.2, -0.15) is 0 Å². The highest BCUT2D eigenvalue weighted by atomic mass is 35.5. The van der Waals surface area contributed by atoms with E-state index in [1.807, 2.05) is 0 Å². The smallest absolute Gasteiger partial charge is 0.154 e. The predicted octanol–water partition coefficient (Wildman–Crippen LogP) is 1.97. The molecular formula is C9H7ClO3. The largest absolute Gasteiger partial charge is 0.496 e. The average Bonchev–Trinajstić information content (AvgIpc) is 2.16. The van der Waals surface area contributed by atoms with Gasteiger partial charge in [-0.25, -0.2) is 0 Å². The normalized spacial score (nSPS) is 9.38. The topological polar surface area (TPSA) is 43.4 Å². The van der Waals surface area contributed by atoms with Gasteiger partial charge in [0.25, 0.3) is 0 Å². The van der Waals surface area contributed by atoms with Gasteiger partial charge in [0.2, 0.25) is 0 Å². The summed E-state index contributed by atoms with van der Waals surface area (Å²) in [6, 6.07) is 2.90. The van der Waals surface area contributed by atoms with E-state index in [0.717, 1.165) is 0 Å². The van der Waals surface area contributed by atoms with Gasteiger partial charge in [0, 0.05) is 10.6 Å². The van der Waals surface area contributed by atoms with Crippen molar-refractivity contribution in [1.82, 2.24) is 0 Å². The van der Waals surface area contributed by atoms with Crippen LogP contribution in [-0.2, 0) is 0 Å². The van der Waals surface area contributed by atoms with Crippen molar-refractivity contribution in [3.8, 4) is 5.75 Å². The molecule has 0 aromatic heterocycles. The number of hydrogen-bond donors (Lipinski definition) is 0. The molecule has 0 spiro atoms. The van der Waals surface area contributed by atoms with E-state index in [1.165, 1.54) is 19.2 Å². The summed E-state index contributed by atoms with van der Waals surface area (Å²) in [5.41, 5.74) is 0.459. The minimum absolute atomic E-state index is 0.224. The zero-order valence-electron chi connectivity index (χ0n) is 6.91. The number of halogens is 1. The molecule has 0 saturated carbocycles. The van der Waals surface area contributed by atoms with Crippen molar-refractivity contribution in [3.05, 3.63) is 28.3 Å². The molecule has 0 atom stereocenters.